The summed E-state index contributed by atoms with van der Waals surface area (Å²) in [6.45, 7) is 6.63. The quantitative estimate of drug-likeness (QED) is 0.780. The number of urea groups is 1. The molecule has 3 rings (SSSR count). The van der Waals surface area contributed by atoms with Crippen molar-refractivity contribution in [3.05, 3.63) is 54.1 Å². The van der Waals surface area contributed by atoms with Crippen LogP contribution in [0.1, 0.15) is 24.2 Å². The number of benzene rings is 2. The zero-order valence-corrected chi connectivity index (χ0v) is 17.3. The first kappa shape index (κ1) is 20.5. The largest absolute Gasteiger partial charge is 0.399 e. The Morgan fingerprint density at radius 3 is 2.24 bits per heavy atom. The molecule has 0 bridgehead atoms. The van der Waals surface area contributed by atoms with Gasteiger partial charge in [-0.05, 0) is 50.2 Å². The van der Waals surface area contributed by atoms with E-state index in [0.29, 0.717) is 37.4 Å². The summed E-state index contributed by atoms with van der Waals surface area (Å²) in [5.74, 6) is -0.0904. The SMILES string of the molecule is CC(C)NC(=O)N1CCN(c2ccccc2N(C)C(=O)c2ccc(N)cc2)CC1. The number of piperazine rings is 1. The van der Waals surface area contributed by atoms with Crippen LogP contribution in [0.5, 0.6) is 0 Å². The molecule has 3 amide bonds. The standard InChI is InChI=1S/C22H29N5O2/c1-16(2)24-22(29)27-14-12-26(13-15-27)20-7-5-4-6-19(20)25(3)21(28)17-8-10-18(23)11-9-17/h4-11,16H,12-15,23H2,1-3H3,(H,24,29). The molecule has 2 aromatic rings. The van der Waals surface area contributed by atoms with Crippen molar-refractivity contribution in [1.82, 2.24) is 10.2 Å². The number of nitrogens with two attached hydrogens (primary N) is 1. The fourth-order valence-electron chi connectivity index (χ4n) is 3.43. The number of para-hydroxylation sites is 2. The first-order valence-electron chi connectivity index (χ1n) is 9.90. The molecular formula is C22H29N5O2. The molecule has 1 saturated heterocycles. The van der Waals surface area contributed by atoms with Crippen molar-refractivity contribution in [2.75, 3.05) is 48.8 Å². The van der Waals surface area contributed by atoms with Gasteiger partial charge in [-0.2, -0.15) is 0 Å². The molecule has 0 aliphatic carbocycles. The number of carbonyl (C=O) groups is 2. The van der Waals surface area contributed by atoms with Gasteiger partial charge < -0.3 is 25.8 Å². The normalized spacial score (nSPS) is 14.1. The average molecular weight is 396 g/mol. The zero-order chi connectivity index (χ0) is 21.0. The van der Waals surface area contributed by atoms with Gasteiger partial charge in [0, 0.05) is 50.5 Å². The number of nitrogens with one attached hydrogen (secondary N) is 1. The van der Waals surface area contributed by atoms with Crippen LogP contribution >= 0.6 is 0 Å². The zero-order valence-electron chi connectivity index (χ0n) is 17.3. The highest BCUT2D eigenvalue weighted by Gasteiger charge is 2.25. The minimum atomic E-state index is -0.0904. The lowest BCUT2D eigenvalue weighted by Crippen LogP contribution is -2.53. The Bertz CT molecular complexity index is 858. The van der Waals surface area contributed by atoms with E-state index in [0.717, 1.165) is 11.4 Å². The van der Waals surface area contributed by atoms with E-state index >= 15 is 0 Å². The molecule has 154 valence electrons. The molecule has 1 aliphatic rings. The second kappa shape index (κ2) is 8.86. The fraction of sp³-hybridized carbons (Fsp3) is 0.364. The molecule has 7 heteroatoms. The van der Waals surface area contributed by atoms with Crippen LogP contribution in [0, 0.1) is 0 Å². The molecule has 0 radical (unpaired) electrons. The molecule has 1 heterocycles. The van der Waals surface area contributed by atoms with Crippen molar-refractivity contribution in [3.63, 3.8) is 0 Å². The minimum Gasteiger partial charge on any atom is -0.399 e. The molecule has 0 spiro atoms. The van der Waals surface area contributed by atoms with E-state index in [-0.39, 0.29) is 18.0 Å². The lowest BCUT2D eigenvalue weighted by atomic mass is 10.1. The summed E-state index contributed by atoms with van der Waals surface area (Å²) in [5, 5.41) is 2.94. The summed E-state index contributed by atoms with van der Waals surface area (Å²) >= 11 is 0. The van der Waals surface area contributed by atoms with Gasteiger partial charge in [-0.3, -0.25) is 4.79 Å². The van der Waals surface area contributed by atoms with Gasteiger partial charge in [0.1, 0.15) is 0 Å². The van der Waals surface area contributed by atoms with Gasteiger partial charge in [-0.15, -0.1) is 0 Å². The van der Waals surface area contributed by atoms with Crippen LogP contribution in [-0.2, 0) is 0 Å². The third-order valence-corrected chi connectivity index (χ3v) is 5.03. The summed E-state index contributed by atoms with van der Waals surface area (Å²) in [6, 6.07) is 14.9. The maximum Gasteiger partial charge on any atom is 0.317 e. The Morgan fingerprint density at radius 1 is 1.00 bits per heavy atom. The first-order valence-corrected chi connectivity index (χ1v) is 9.90. The molecule has 0 atom stereocenters. The van der Waals surface area contributed by atoms with E-state index in [4.69, 9.17) is 5.73 Å². The van der Waals surface area contributed by atoms with Crippen molar-refractivity contribution in [2.45, 2.75) is 19.9 Å². The molecular weight excluding hydrogens is 366 g/mol. The number of anilines is 3. The highest BCUT2D eigenvalue weighted by atomic mass is 16.2. The number of nitrogen functional groups attached to an aromatic ring is 1. The lowest BCUT2D eigenvalue weighted by Gasteiger charge is -2.38. The average Bonchev–Trinajstić information content (AvgIpc) is 2.73. The van der Waals surface area contributed by atoms with Crippen molar-refractivity contribution >= 4 is 29.0 Å². The van der Waals surface area contributed by atoms with Crippen molar-refractivity contribution in [2.24, 2.45) is 0 Å². The number of hydrogen-bond acceptors (Lipinski definition) is 4. The summed E-state index contributed by atoms with van der Waals surface area (Å²) in [4.78, 5) is 30.9. The van der Waals surface area contributed by atoms with E-state index in [1.54, 1.807) is 36.2 Å². The van der Waals surface area contributed by atoms with Crippen LogP contribution in [0.25, 0.3) is 0 Å². The number of nitrogens with zero attached hydrogens (tertiary/aromatic N) is 3. The van der Waals surface area contributed by atoms with E-state index in [1.165, 1.54) is 0 Å². The summed E-state index contributed by atoms with van der Waals surface area (Å²) in [5.41, 5.74) is 8.78. The second-order valence-electron chi connectivity index (χ2n) is 7.55. The molecule has 0 saturated carbocycles. The molecule has 29 heavy (non-hydrogen) atoms. The molecule has 1 fully saturated rings. The number of hydrogen-bond donors (Lipinski definition) is 2. The first-order chi connectivity index (χ1) is 13.9. The third-order valence-electron chi connectivity index (χ3n) is 5.03. The van der Waals surface area contributed by atoms with Crippen molar-refractivity contribution in [1.29, 1.82) is 0 Å². The highest BCUT2D eigenvalue weighted by molar-refractivity contribution is 6.07. The number of carbonyl (C=O) groups excluding carboxylic acids is 2. The van der Waals surface area contributed by atoms with E-state index in [1.807, 2.05) is 43.0 Å². The minimum absolute atomic E-state index is 0.0245. The molecule has 7 nitrogen and oxygen atoms in total. The van der Waals surface area contributed by atoms with E-state index < -0.39 is 0 Å². The third kappa shape index (κ3) is 4.80. The van der Waals surface area contributed by atoms with Crippen LogP contribution in [0.4, 0.5) is 21.9 Å². The fourth-order valence-corrected chi connectivity index (χ4v) is 3.43. The summed E-state index contributed by atoms with van der Waals surface area (Å²) in [6.07, 6.45) is 0. The Morgan fingerprint density at radius 2 is 1.62 bits per heavy atom. The summed E-state index contributed by atoms with van der Waals surface area (Å²) < 4.78 is 0. The monoisotopic (exact) mass is 395 g/mol. The maximum atomic E-state index is 12.9. The van der Waals surface area contributed by atoms with E-state index in [2.05, 4.69) is 10.2 Å². The van der Waals surface area contributed by atoms with Crippen LogP contribution in [0.15, 0.2) is 48.5 Å². The Balaban J connectivity index is 1.73. The van der Waals surface area contributed by atoms with Crippen LogP contribution in [0.3, 0.4) is 0 Å². The highest BCUT2D eigenvalue weighted by Crippen LogP contribution is 2.30. The second-order valence-corrected chi connectivity index (χ2v) is 7.55. The van der Waals surface area contributed by atoms with Crippen LogP contribution in [0.2, 0.25) is 0 Å². The topological polar surface area (TPSA) is 81.9 Å². The van der Waals surface area contributed by atoms with Gasteiger partial charge in [0.05, 0.1) is 11.4 Å². The van der Waals surface area contributed by atoms with Gasteiger partial charge in [-0.1, -0.05) is 12.1 Å². The van der Waals surface area contributed by atoms with Gasteiger partial charge in [0.15, 0.2) is 0 Å². The van der Waals surface area contributed by atoms with Crippen molar-refractivity contribution < 1.29 is 9.59 Å². The Labute approximate surface area is 172 Å². The van der Waals surface area contributed by atoms with Crippen LogP contribution in [-0.4, -0.2) is 56.1 Å². The molecule has 3 N–H and O–H groups in total. The smallest absolute Gasteiger partial charge is 0.317 e. The Hall–Kier alpha value is -3.22. The van der Waals surface area contributed by atoms with Gasteiger partial charge in [0.25, 0.3) is 5.91 Å². The van der Waals surface area contributed by atoms with Crippen molar-refractivity contribution in [3.8, 4) is 0 Å². The lowest BCUT2D eigenvalue weighted by molar-refractivity contribution is 0.0993. The summed E-state index contributed by atoms with van der Waals surface area (Å²) in [7, 11) is 1.78. The predicted octanol–water partition coefficient (Wildman–Crippen LogP) is 2.79. The molecule has 0 aromatic heterocycles. The Kier molecular flexibility index (Phi) is 6.26. The molecule has 1 aliphatic heterocycles. The number of amides is 3. The van der Waals surface area contributed by atoms with Gasteiger partial charge >= 0.3 is 6.03 Å². The van der Waals surface area contributed by atoms with Gasteiger partial charge in [0.2, 0.25) is 0 Å². The van der Waals surface area contributed by atoms with Gasteiger partial charge in [-0.25, -0.2) is 4.79 Å². The van der Waals surface area contributed by atoms with E-state index in [9.17, 15) is 9.59 Å². The predicted molar refractivity (Wildman–Crippen MR) is 117 cm³/mol. The van der Waals surface area contributed by atoms with Crippen LogP contribution < -0.4 is 20.9 Å². The molecule has 2 aromatic carbocycles. The maximum absolute atomic E-state index is 12.9. The number of rotatable bonds is 4. The molecule has 0 unspecified atom stereocenters.